The molecule has 0 saturated carbocycles. The van der Waals surface area contributed by atoms with Crippen molar-refractivity contribution in [1.29, 1.82) is 0 Å². The Labute approximate surface area is 113 Å². The van der Waals surface area contributed by atoms with E-state index in [2.05, 4.69) is 4.98 Å². The number of thioether (sulfide) groups is 1. The second-order valence-corrected chi connectivity index (χ2v) is 5.10. The molecule has 0 spiro atoms. The Morgan fingerprint density at radius 3 is 3.00 bits per heavy atom. The molecule has 1 aromatic heterocycles. The summed E-state index contributed by atoms with van der Waals surface area (Å²) >= 11 is 6.02. The van der Waals surface area contributed by atoms with Crippen LogP contribution in [0, 0.1) is 0 Å². The van der Waals surface area contributed by atoms with E-state index in [4.69, 9.17) is 12.2 Å². The number of carboxylic acid groups (broad SMARTS) is 1. The Morgan fingerprint density at radius 1 is 1.61 bits per heavy atom. The fourth-order valence-electron chi connectivity index (χ4n) is 1.38. The van der Waals surface area contributed by atoms with Gasteiger partial charge in [-0.2, -0.15) is 0 Å². The van der Waals surface area contributed by atoms with Gasteiger partial charge in [0.25, 0.3) is 5.91 Å². The van der Waals surface area contributed by atoms with Gasteiger partial charge in [0.05, 0.1) is 17.4 Å². The minimum atomic E-state index is -1.34. The van der Waals surface area contributed by atoms with Gasteiger partial charge in [-0.3, -0.25) is 14.7 Å². The number of aliphatic carboxylic acids is 1. The normalized spacial score (nSPS) is 17.6. The maximum Gasteiger partial charge on any atom is 0.266 e. The summed E-state index contributed by atoms with van der Waals surface area (Å²) in [7, 11) is 0. The zero-order valence-corrected chi connectivity index (χ0v) is 10.7. The molecule has 0 aromatic carbocycles. The molecule has 1 fully saturated rings. The third kappa shape index (κ3) is 2.74. The number of aromatic nitrogens is 1. The number of hydrogen-bond donors (Lipinski definition) is 0. The highest BCUT2D eigenvalue weighted by atomic mass is 32.2. The molecule has 0 atom stereocenters. The lowest BCUT2D eigenvalue weighted by atomic mass is 10.2. The molecule has 1 amide bonds. The van der Waals surface area contributed by atoms with Gasteiger partial charge < -0.3 is 9.90 Å². The van der Waals surface area contributed by atoms with Crippen LogP contribution in [-0.2, 0) is 9.59 Å². The van der Waals surface area contributed by atoms with Crippen molar-refractivity contribution in [2.24, 2.45) is 0 Å². The van der Waals surface area contributed by atoms with Gasteiger partial charge in [0.2, 0.25) is 0 Å². The number of rotatable bonds is 3. The molecule has 7 heteroatoms. The van der Waals surface area contributed by atoms with E-state index in [0.717, 1.165) is 22.2 Å². The smallest absolute Gasteiger partial charge is 0.266 e. The van der Waals surface area contributed by atoms with E-state index in [-0.39, 0.29) is 4.32 Å². The summed E-state index contributed by atoms with van der Waals surface area (Å²) in [4.78, 5) is 27.7. The first kappa shape index (κ1) is 12.7. The topological polar surface area (TPSA) is 73.3 Å². The number of amides is 1. The van der Waals surface area contributed by atoms with Crippen LogP contribution in [0.5, 0.6) is 0 Å². The molecule has 92 valence electrons. The molecule has 5 nitrogen and oxygen atoms in total. The summed E-state index contributed by atoms with van der Waals surface area (Å²) in [5.41, 5.74) is 0.756. The van der Waals surface area contributed by atoms with Crippen molar-refractivity contribution in [2.45, 2.75) is 0 Å². The molecule has 1 aromatic rings. The number of pyridine rings is 1. The molecule has 0 N–H and O–H groups in total. The van der Waals surface area contributed by atoms with Crippen molar-refractivity contribution in [1.82, 2.24) is 9.88 Å². The molecular formula is C11H7N2O3S2-. The predicted molar refractivity (Wildman–Crippen MR) is 69.1 cm³/mol. The van der Waals surface area contributed by atoms with E-state index in [9.17, 15) is 14.7 Å². The average Bonchev–Trinajstić information content (AvgIpc) is 2.58. The first-order chi connectivity index (χ1) is 8.58. The van der Waals surface area contributed by atoms with E-state index >= 15 is 0 Å². The molecule has 2 rings (SSSR count). The lowest BCUT2D eigenvalue weighted by molar-refractivity contribution is -0.305. The monoisotopic (exact) mass is 279 g/mol. The molecule has 1 aliphatic heterocycles. The lowest BCUT2D eigenvalue weighted by Gasteiger charge is -2.14. The third-order valence-corrected chi connectivity index (χ3v) is 3.52. The van der Waals surface area contributed by atoms with Crippen LogP contribution in [0.15, 0.2) is 29.4 Å². The summed E-state index contributed by atoms with van der Waals surface area (Å²) in [5, 5.41) is 10.5. The SMILES string of the molecule is O=C([O-])CN1C(=O)/C(=C\c2cccnc2)SC1=S. The number of carbonyl (C=O) groups excluding carboxylic acids is 2. The van der Waals surface area contributed by atoms with Crippen LogP contribution in [0.25, 0.3) is 6.08 Å². The number of thiocarbonyl (C=S) groups is 1. The Bertz CT molecular complexity index is 542. The van der Waals surface area contributed by atoms with Crippen molar-refractivity contribution in [3.05, 3.63) is 35.0 Å². The van der Waals surface area contributed by atoms with Gasteiger partial charge >= 0.3 is 0 Å². The molecular weight excluding hydrogens is 272 g/mol. The van der Waals surface area contributed by atoms with Gasteiger partial charge in [-0.05, 0) is 17.7 Å². The zero-order valence-electron chi connectivity index (χ0n) is 9.03. The summed E-state index contributed by atoms with van der Waals surface area (Å²) in [6, 6.07) is 3.53. The summed E-state index contributed by atoms with van der Waals surface area (Å²) in [6.45, 7) is -0.519. The highest BCUT2D eigenvalue weighted by molar-refractivity contribution is 8.26. The van der Waals surface area contributed by atoms with Gasteiger partial charge in [-0.1, -0.05) is 30.0 Å². The van der Waals surface area contributed by atoms with E-state index in [1.807, 2.05) is 0 Å². The summed E-state index contributed by atoms with van der Waals surface area (Å²) < 4.78 is 0.222. The van der Waals surface area contributed by atoms with Crippen molar-refractivity contribution in [2.75, 3.05) is 6.54 Å². The van der Waals surface area contributed by atoms with Crippen molar-refractivity contribution < 1.29 is 14.7 Å². The van der Waals surface area contributed by atoms with Gasteiger partial charge in [0.15, 0.2) is 0 Å². The Hall–Kier alpha value is -1.73. The van der Waals surface area contributed by atoms with E-state index in [0.29, 0.717) is 4.91 Å². The summed E-state index contributed by atoms with van der Waals surface area (Å²) in [6.07, 6.45) is 4.85. The Kier molecular flexibility index (Phi) is 3.73. The average molecular weight is 279 g/mol. The van der Waals surface area contributed by atoms with Crippen LogP contribution in [0.4, 0.5) is 0 Å². The molecule has 0 bridgehead atoms. The van der Waals surface area contributed by atoms with E-state index in [1.54, 1.807) is 30.6 Å². The van der Waals surface area contributed by atoms with E-state index < -0.39 is 18.4 Å². The number of carbonyl (C=O) groups is 2. The molecule has 0 radical (unpaired) electrons. The van der Waals surface area contributed by atoms with Crippen molar-refractivity contribution in [3.63, 3.8) is 0 Å². The fourth-order valence-corrected chi connectivity index (χ4v) is 2.63. The standard InChI is InChI=1S/C11H8N2O3S2/c14-9(15)6-13-10(16)8(18-11(13)17)4-7-2-1-3-12-5-7/h1-5H,6H2,(H,14,15)/p-1/b8-4+. The number of hydrogen-bond acceptors (Lipinski definition) is 6. The Morgan fingerprint density at radius 2 is 2.39 bits per heavy atom. The molecule has 2 heterocycles. The van der Waals surface area contributed by atoms with Crippen LogP contribution < -0.4 is 5.11 Å². The molecule has 1 aliphatic rings. The van der Waals surface area contributed by atoms with Crippen LogP contribution in [0.1, 0.15) is 5.56 Å². The lowest BCUT2D eigenvalue weighted by Crippen LogP contribution is -2.40. The van der Waals surface area contributed by atoms with E-state index in [1.165, 1.54) is 0 Å². The van der Waals surface area contributed by atoms with Gasteiger partial charge in [-0.15, -0.1) is 0 Å². The fraction of sp³-hybridized carbons (Fsp3) is 0.0909. The van der Waals surface area contributed by atoms with Crippen LogP contribution in [0.2, 0.25) is 0 Å². The number of nitrogens with zero attached hydrogens (tertiary/aromatic N) is 2. The largest absolute Gasteiger partial charge is 0.548 e. The second-order valence-electron chi connectivity index (χ2n) is 3.43. The maximum atomic E-state index is 11.9. The summed E-state index contributed by atoms with van der Waals surface area (Å²) in [5.74, 6) is -1.76. The van der Waals surface area contributed by atoms with Crippen LogP contribution in [-0.4, -0.2) is 32.6 Å². The predicted octanol–water partition coefficient (Wildman–Crippen LogP) is 0.0327. The van der Waals surface area contributed by atoms with Crippen molar-refractivity contribution >= 4 is 46.3 Å². The quantitative estimate of drug-likeness (QED) is 0.574. The van der Waals surface area contributed by atoms with Crippen LogP contribution >= 0.6 is 24.0 Å². The van der Waals surface area contributed by atoms with Gasteiger partial charge in [-0.25, -0.2) is 0 Å². The number of carboxylic acids is 1. The minimum Gasteiger partial charge on any atom is -0.548 e. The van der Waals surface area contributed by atoms with Gasteiger partial charge in [0, 0.05) is 12.4 Å². The highest BCUT2D eigenvalue weighted by Gasteiger charge is 2.31. The Balaban J connectivity index is 2.23. The first-order valence-electron chi connectivity index (χ1n) is 4.93. The molecule has 0 aliphatic carbocycles. The second kappa shape index (κ2) is 5.28. The molecule has 18 heavy (non-hydrogen) atoms. The molecule has 1 saturated heterocycles. The van der Waals surface area contributed by atoms with Gasteiger partial charge in [0.1, 0.15) is 4.32 Å². The zero-order chi connectivity index (χ0) is 13.1. The highest BCUT2D eigenvalue weighted by Crippen LogP contribution is 2.31. The van der Waals surface area contributed by atoms with Crippen molar-refractivity contribution in [3.8, 4) is 0 Å². The maximum absolute atomic E-state index is 11.9. The minimum absolute atomic E-state index is 0.222. The van der Waals surface area contributed by atoms with Crippen LogP contribution in [0.3, 0.4) is 0 Å². The first-order valence-corrected chi connectivity index (χ1v) is 6.15. The molecule has 0 unspecified atom stereocenters. The third-order valence-electron chi connectivity index (χ3n) is 2.14.